The summed E-state index contributed by atoms with van der Waals surface area (Å²) in [5, 5.41) is 0. The number of carbonyl (C=O) groups is 1. The molecular formula is C14H17BrO2. The van der Waals surface area contributed by atoms with Crippen LogP contribution in [0.25, 0.3) is 0 Å². The molecular weight excluding hydrogens is 280 g/mol. The van der Waals surface area contributed by atoms with E-state index in [0.29, 0.717) is 5.78 Å². The van der Waals surface area contributed by atoms with Crippen LogP contribution in [0.3, 0.4) is 0 Å². The fourth-order valence-electron chi connectivity index (χ4n) is 1.87. The lowest BCUT2D eigenvalue weighted by Crippen LogP contribution is -2.24. The smallest absolute Gasteiger partial charge is 0.152 e. The van der Waals surface area contributed by atoms with Crippen molar-refractivity contribution >= 4 is 21.7 Å². The summed E-state index contributed by atoms with van der Waals surface area (Å²) in [7, 11) is 1.65. The zero-order chi connectivity index (χ0) is 12.5. The van der Waals surface area contributed by atoms with Gasteiger partial charge in [0.05, 0.1) is 11.9 Å². The molecule has 0 aliphatic heterocycles. The second kappa shape index (κ2) is 4.81. The van der Waals surface area contributed by atoms with E-state index in [1.165, 1.54) is 0 Å². The van der Waals surface area contributed by atoms with Crippen molar-refractivity contribution in [2.45, 2.75) is 31.0 Å². The molecule has 1 unspecified atom stereocenters. The Morgan fingerprint density at radius 2 is 2.00 bits per heavy atom. The van der Waals surface area contributed by atoms with Crippen LogP contribution in [0.15, 0.2) is 24.3 Å². The molecule has 0 aromatic heterocycles. The van der Waals surface area contributed by atoms with Crippen LogP contribution < -0.4 is 4.74 Å². The van der Waals surface area contributed by atoms with E-state index < -0.39 is 0 Å². The molecule has 1 atom stereocenters. The van der Waals surface area contributed by atoms with Crippen LogP contribution in [-0.4, -0.2) is 17.7 Å². The van der Waals surface area contributed by atoms with Crippen LogP contribution in [0, 0.1) is 5.41 Å². The summed E-state index contributed by atoms with van der Waals surface area (Å²) in [5.74, 6) is 1.19. The van der Waals surface area contributed by atoms with Gasteiger partial charge in [-0.3, -0.25) is 4.79 Å². The Balaban J connectivity index is 1.97. The van der Waals surface area contributed by atoms with E-state index in [1.54, 1.807) is 7.11 Å². The molecule has 0 N–H and O–H groups in total. The van der Waals surface area contributed by atoms with Gasteiger partial charge in [-0.15, -0.1) is 0 Å². The Kier molecular flexibility index (Phi) is 3.57. The number of Topliss-reactive ketones (excluding diaryl/α,β-unsaturated/α-hetero) is 1. The Morgan fingerprint density at radius 3 is 2.47 bits per heavy atom. The topological polar surface area (TPSA) is 26.3 Å². The van der Waals surface area contributed by atoms with Gasteiger partial charge in [-0.05, 0) is 37.0 Å². The zero-order valence-corrected chi connectivity index (χ0v) is 11.8. The van der Waals surface area contributed by atoms with E-state index in [1.807, 2.05) is 24.3 Å². The Bertz CT molecular complexity index is 407. The molecule has 1 saturated carbocycles. The van der Waals surface area contributed by atoms with E-state index in [2.05, 4.69) is 22.9 Å². The van der Waals surface area contributed by atoms with E-state index in [9.17, 15) is 4.79 Å². The minimum absolute atomic E-state index is 0.0549. The fourth-order valence-corrected chi connectivity index (χ4v) is 2.80. The molecule has 3 heteroatoms. The van der Waals surface area contributed by atoms with Gasteiger partial charge in [0.2, 0.25) is 0 Å². The van der Waals surface area contributed by atoms with Gasteiger partial charge in [-0.1, -0.05) is 35.0 Å². The van der Waals surface area contributed by atoms with Crippen molar-refractivity contribution in [1.29, 1.82) is 0 Å². The first-order valence-corrected chi connectivity index (χ1v) is 6.78. The van der Waals surface area contributed by atoms with E-state index in [-0.39, 0.29) is 10.2 Å². The van der Waals surface area contributed by atoms with Crippen molar-refractivity contribution in [3.63, 3.8) is 0 Å². The number of rotatable bonds is 5. The largest absolute Gasteiger partial charge is 0.497 e. The van der Waals surface area contributed by atoms with Gasteiger partial charge in [0.1, 0.15) is 5.75 Å². The first-order chi connectivity index (χ1) is 8.05. The third-order valence-corrected chi connectivity index (χ3v) is 4.19. The van der Waals surface area contributed by atoms with Gasteiger partial charge >= 0.3 is 0 Å². The van der Waals surface area contributed by atoms with Gasteiger partial charge in [-0.2, -0.15) is 0 Å². The van der Waals surface area contributed by atoms with Gasteiger partial charge in [0.15, 0.2) is 5.78 Å². The number of benzene rings is 1. The SMILES string of the molecule is COc1ccc(CC(Br)C(=O)C2(C)CC2)cc1. The van der Waals surface area contributed by atoms with Gasteiger partial charge in [0, 0.05) is 5.41 Å². The third-order valence-electron chi connectivity index (χ3n) is 3.45. The van der Waals surface area contributed by atoms with Gasteiger partial charge in [0.25, 0.3) is 0 Å². The number of alkyl halides is 1. The summed E-state index contributed by atoms with van der Waals surface area (Å²) in [6.45, 7) is 2.05. The maximum atomic E-state index is 12.1. The van der Waals surface area contributed by atoms with Gasteiger partial charge in [-0.25, -0.2) is 0 Å². The molecule has 0 spiro atoms. The zero-order valence-electron chi connectivity index (χ0n) is 10.2. The molecule has 1 aromatic carbocycles. The maximum Gasteiger partial charge on any atom is 0.152 e. The summed E-state index contributed by atoms with van der Waals surface area (Å²) >= 11 is 3.51. The lowest BCUT2D eigenvalue weighted by molar-refractivity contribution is -0.122. The van der Waals surface area contributed by atoms with Crippen molar-refractivity contribution in [2.24, 2.45) is 5.41 Å². The highest BCUT2D eigenvalue weighted by molar-refractivity contribution is 9.10. The van der Waals surface area contributed by atoms with Crippen LogP contribution in [-0.2, 0) is 11.2 Å². The minimum Gasteiger partial charge on any atom is -0.497 e. The standard InChI is InChI=1S/C14H17BrO2/c1-14(7-8-14)13(16)12(15)9-10-3-5-11(17-2)6-4-10/h3-6,12H,7-9H2,1-2H3. The quantitative estimate of drug-likeness (QED) is 0.779. The second-order valence-electron chi connectivity index (χ2n) is 4.94. The molecule has 0 bridgehead atoms. The molecule has 92 valence electrons. The van der Waals surface area contributed by atoms with Crippen molar-refractivity contribution in [2.75, 3.05) is 7.11 Å². The number of hydrogen-bond donors (Lipinski definition) is 0. The summed E-state index contributed by atoms with van der Waals surface area (Å²) in [6, 6.07) is 7.88. The number of hydrogen-bond acceptors (Lipinski definition) is 2. The first kappa shape index (κ1) is 12.6. The number of ketones is 1. The number of carbonyl (C=O) groups excluding carboxylic acids is 1. The lowest BCUT2D eigenvalue weighted by atomic mass is 9.97. The molecule has 1 aromatic rings. The summed E-state index contributed by atoms with van der Waals surface area (Å²) in [4.78, 5) is 12.0. The average molecular weight is 297 g/mol. The normalized spacial score (nSPS) is 18.5. The summed E-state index contributed by atoms with van der Waals surface area (Å²) < 4.78 is 5.11. The average Bonchev–Trinajstić information content (AvgIpc) is 3.08. The molecule has 17 heavy (non-hydrogen) atoms. The Morgan fingerprint density at radius 1 is 1.41 bits per heavy atom. The monoisotopic (exact) mass is 296 g/mol. The second-order valence-corrected chi connectivity index (χ2v) is 6.05. The van der Waals surface area contributed by atoms with Crippen molar-refractivity contribution < 1.29 is 9.53 Å². The van der Waals surface area contributed by atoms with E-state index in [4.69, 9.17) is 4.74 Å². The third kappa shape index (κ3) is 2.89. The van der Waals surface area contributed by atoms with Crippen LogP contribution in [0.5, 0.6) is 5.75 Å². The van der Waals surface area contributed by atoms with E-state index >= 15 is 0 Å². The number of ether oxygens (including phenoxy) is 1. The molecule has 0 saturated heterocycles. The van der Waals surface area contributed by atoms with Crippen LogP contribution in [0.1, 0.15) is 25.3 Å². The molecule has 2 rings (SSSR count). The molecule has 1 fully saturated rings. The number of halogens is 1. The summed E-state index contributed by atoms with van der Waals surface area (Å²) in [6.07, 6.45) is 2.82. The first-order valence-electron chi connectivity index (χ1n) is 5.86. The van der Waals surface area contributed by atoms with E-state index in [0.717, 1.165) is 30.6 Å². The molecule has 0 heterocycles. The van der Waals surface area contributed by atoms with Crippen molar-refractivity contribution in [3.05, 3.63) is 29.8 Å². The van der Waals surface area contributed by atoms with Crippen molar-refractivity contribution in [3.8, 4) is 5.75 Å². The molecule has 1 aliphatic carbocycles. The molecule has 0 amide bonds. The Hall–Kier alpha value is -0.830. The molecule has 1 aliphatic rings. The summed E-state index contributed by atoms with van der Waals surface area (Å²) in [5.41, 5.74) is 1.10. The van der Waals surface area contributed by atoms with Crippen molar-refractivity contribution in [1.82, 2.24) is 0 Å². The fraction of sp³-hybridized carbons (Fsp3) is 0.500. The number of methoxy groups -OCH3 is 1. The highest BCUT2D eigenvalue weighted by Gasteiger charge is 2.46. The lowest BCUT2D eigenvalue weighted by Gasteiger charge is -2.13. The Labute approximate surface area is 110 Å². The van der Waals surface area contributed by atoms with Crippen LogP contribution >= 0.6 is 15.9 Å². The molecule has 0 radical (unpaired) electrons. The predicted molar refractivity (Wildman–Crippen MR) is 71.8 cm³/mol. The maximum absolute atomic E-state index is 12.1. The van der Waals surface area contributed by atoms with Crippen LogP contribution in [0.4, 0.5) is 0 Å². The predicted octanol–water partition coefficient (Wildman–Crippen LogP) is 3.37. The molecule has 2 nitrogen and oxygen atoms in total. The minimum atomic E-state index is -0.0663. The van der Waals surface area contributed by atoms with Gasteiger partial charge < -0.3 is 4.74 Å². The highest BCUT2D eigenvalue weighted by Crippen LogP contribution is 2.47. The van der Waals surface area contributed by atoms with Crippen LogP contribution in [0.2, 0.25) is 0 Å². The highest BCUT2D eigenvalue weighted by atomic mass is 79.9.